The first-order chi connectivity index (χ1) is 9.24. The zero-order valence-corrected chi connectivity index (χ0v) is 10.2. The molecule has 1 heterocycles. The molecule has 0 atom stereocenters. The van der Waals surface area contributed by atoms with E-state index in [1.54, 1.807) is 6.08 Å². The molecule has 0 aliphatic rings. The Bertz CT molecular complexity index is 565. The highest BCUT2D eigenvalue weighted by Gasteiger charge is 1.98. The number of carbonyl (C=O) groups excluding carboxylic acids is 1. The zero-order valence-electron chi connectivity index (χ0n) is 10.2. The van der Waals surface area contributed by atoms with Crippen molar-refractivity contribution >= 4 is 18.0 Å². The van der Waals surface area contributed by atoms with Crippen LogP contribution in [0.4, 0.5) is 5.95 Å². The van der Waals surface area contributed by atoms with Crippen LogP contribution in [0.15, 0.2) is 48.8 Å². The molecule has 0 aliphatic heterocycles. The number of nitrogen functional groups attached to an aromatic ring is 1. The molecule has 0 bridgehead atoms. The first-order valence-electron chi connectivity index (χ1n) is 5.70. The predicted molar refractivity (Wildman–Crippen MR) is 71.7 cm³/mol. The fourth-order valence-corrected chi connectivity index (χ4v) is 1.38. The van der Waals surface area contributed by atoms with E-state index in [9.17, 15) is 4.79 Å². The van der Waals surface area contributed by atoms with Crippen molar-refractivity contribution in [2.24, 2.45) is 0 Å². The fraction of sp³-hybridized carbons (Fsp3) is 0.0714. The second-order valence-corrected chi connectivity index (χ2v) is 3.80. The highest BCUT2D eigenvalue weighted by atomic mass is 16.5. The van der Waals surface area contributed by atoms with Gasteiger partial charge < -0.3 is 10.5 Å². The molecule has 5 heteroatoms. The summed E-state index contributed by atoms with van der Waals surface area (Å²) in [5, 5.41) is 0. The Balaban J connectivity index is 1.86. The highest BCUT2D eigenvalue weighted by Crippen LogP contribution is 2.03. The molecular weight excluding hydrogens is 242 g/mol. The third-order valence-electron chi connectivity index (χ3n) is 2.33. The lowest BCUT2D eigenvalue weighted by Crippen LogP contribution is -2.00. The minimum Gasteiger partial charge on any atom is -0.458 e. The molecule has 0 saturated heterocycles. The number of hydrogen-bond acceptors (Lipinski definition) is 5. The largest absolute Gasteiger partial charge is 0.458 e. The summed E-state index contributed by atoms with van der Waals surface area (Å²) in [5.74, 6) is -0.218. The first kappa shape index (κ1) is 12.8. The van der Waals surface area contributed by atoms with Crippen LogP contribution in [0, 0.1) is 0 Å². The molecule has 2 aromatic rings. The van der Waals surface area contributed by atoms with Gasteiger partial charge in [-0.1, -0.05) is 30.3 Å². The monoisotopic (exact) mass is 255 g/mol. The van der Waals surface area contributed by atoms with E-state index in [4.69, 9.17) is 10.5 Å². The lowest BCUT2D eigenvalue weighted by atomic mass is 10.2. The number of nitrogens with two attached hydrogens (primary N) is 1. The van der Waals surface area contributed by atoms with Crippen molar-refractivity contribution in [2.45, 2.75) is 6.61 Å². The summed E-state index contributed by atoms with van der Waals surface area (Å²) in [7, 11) is 0. The smallest absolute Gasteiger partial charge is 0.331 e. The van der Waals surface area contributed by atoms with Gasteiger partial charge >= 0.3 is 5.97 Å². The van der Waals surface area contributed by atoms with Gasteiger partial charge in [0.1, 0.15) is 6.61 Å². The number of benzene rings is 1. The molecule has 0 aliphatic carbocycles. The maximum absolute atomic E-state index is 11.5. The molecule has 0 amide bonds. The summed E-state index contributed by atoms with van der Waals surface area (Å²) in [6.07, 6.45) is 5.97. The average molecular weight is 255 g/mol. The van der Waals surface area contributed by atoms with Crippen molar-refractivity contribution in [3.8, 4) is 0 Å². The Morgan fingerprint density at radius 1 is 1.21 bits per heavy atom. The molecule has 1 aromatic heterocycles. The van der Waals surface area contributed by atoms with Crippen molar-refractivity contribution in [1.82, 2.24) is 9.97 Å². The van der Waals surface area contributed by atoms with Gasteiger partial charge in [0.05, 0.1) is 0 Å². The predicted octanol–water partition coefficient (Wildman–Crippen LogP) is 1.82. The van der Waals surface area contributed by atoms with Crippen molar-refractivity contribution in [3.05, 3.63) is 59.9 Å². The molecular formula is C14H13N3O2. The summed E-state index contributed by atoms with van der Waals surface area (Å²) < 4.78 is 5.08. The van der Waals surface area contributed by atoms with Crippen molar-refractivity contribution in [2.75, 3.05) is 5.73 Å². The van der Waals surface area contributed by atoms with Crippen LogP contribution in [-0.4, -0.2) is 15.9 Å². The van der Waals surface area contributed by atoms with Crippen LogP contribution in [0.1, 0.15) is 11.1 Å². The molecule has 0 unspecified atom stereocenters. The second kappa shape index (κ2) is 6.30. The van der Waals surface area contributed by atoms with Crippen molar-refractivity contribution < 1.29 is 9.53 Å². The van der Waals surface area contributed by atoms with Gasteiger partial charge in [-0.25, -0.2) is 14.8 Å². The Hall–Kier alpha value is -2.69. The lowest BCUT2D eigenvalue weighted by molar-refractivity contribution is -0.138. The SMILES string of the molecule is Nc1ncc(/C=C/C(=O)OCc2ccccc2)cn1. The molecule has 0 radical (unpaired) electrons. The summed E-state index contributed by atoms with van der Waals surface area (Å²) in [5.41, 5.74) is 6.99. The number of esters is 1. The molecule has 0 saturated carbocycles. The van der Waals surface area contributed by atoms with E-state index in [0.29, 0.717) is 5.56 Å². The van der Waals surface area contributed by atoms with Gasteiger partial charge in [-0.05, 0) is 11.6 Å². The maximum atomic E-state index is 11.5. The van der Waals surface area contributed by atoms with Crippen LogP contribution in [-0.2, 0) is 16.1 Å². The van der Waals surface area contributed by atoms with Gasteiger partial charge in [0.15, 0.2) is 0 Å². The van der Waals surface area contributed by atoms with E-state index in [0.717, 1.165) is 5.56 Å². The van der Waals surface area contributed by atoms with Crippen LogP contribution >= 0.6 is 0 Å². The minimum absolute atomic E-state index is 0.198. The zero-order chi connectivity index (χ0) is 13.5. The molecule has 0 spiro atoms. The van der Waals surface area contributed by atoms with Gasteiger partial charge in [-0.3, -0.25) is 0 Å². The van der Waals surface area contributed by atoms with E-state index < -0.39 is 5.97 Å². The third-order valence-corrected chi connectivity index (χ3v) is 2.33. The Morgan fingerprint density at radius 3 is 2.58 bits per heavy atom. The molecule has 5 nitrogen and oxygen atoms in total. The van der Waals surface area contributed by atoms with Crippen LogP contribution < -0.4 is 5.73 Å². The number of aromatic nitrogens is 2. The molecule has 1 aromatic carbocycles. The normalized spacial score (nSPS) is 10.5. The van der Waals surface area contributed by atoms with E-state index in [1.165, 1.54) is 18.5 Å². The van der Waals surface area contributed by atoms with E-state index in [2.05, 4.69) is 9.97 Å². The van der Waals surface area contributed by atoms with E-state index in [-0.39, 0.29) is 12.6 Å². The molecule has 96 valence electrons. The third kappa shape index (κ3) is 4.23. The number of rotatable bonds is 4. The van der Waals surface area contributed by atoms with Gasteiger partial charge in [-0.2, -0.15) is 0 Å². The van der Waals surface area contributed by atoms with Gasteiger partial charge in [0.25, 0.3) is 0 Å². The van der Waals surface area contributed by atoms with Gasteiger partial charge in [0.2, 0.25) is 5.95 Å². The van der Waals surface area contributed by atoms with E-state index in [1.807, 2.05) is 30.3 Å². The van der Waals surface area contributed by atoms with Crippen LogP contribution in [0.5, 0.6) is 0 Å². The molecule has 19 heavy (non-hydrogen) atoms. The van der Waals surface area contributed by atoms with Crippen LogP contribution in [0.2, 0.25) is 0 Å². The van der Waals surface area contributed by atoms with Gasteiger partial charge in [0, 0.05) is 24.0 Å². The van der Waals surface area contributed by atoms with E-state index >= 15 is 0 Å². The first-order valence-corrected chi connectivity index (χ1v) is 5.70. The fourth-order valence-electron chi connectivity index (χ4n) is 1.38. The number of ether oxygens (including phenoxy) is 1. The lowest BCUT2D eigenvalue weighted by Gasteiger charge is -2.01. The summed E-state index contributed by atoms with van der Waals surface area (Å²) in [6, 6.07) is 9.48. The van der Waals surface area contributed by atoms with Crippen LogP contribution in [0.3, 0.4) is 0 Å². The highest BCUT2D eigenvalue weighted by molar-refractivity contribution is 5.86. The Labute approximate surface area is 110 Å². The summed E-state index contributed by atoms with van der Waals surface area (Å²) >= 11 is 0. The second-order valence-electron chi connectivity index (χ2n) is 3.80. The molecule has 0 fully saturated rings. The number of carbonyl (C=O) groups is 1. The number of anilines is 1. The topological polar surface area (TPSA) is 78.1 Å². The van der Waals surface area contributed by atoms with Crippen molar-refractivity contribution in [3.63, 3.8) is 0 Å². The summed E-state index contributed by atoms with van der Waals surface area (Å²) in [4.78, 5) is 19.1. The Kier molecular flexibility index (Phi) is 4.23. The van der Waals surface area contributed by atoms with Crippen LogP contribution in [0.25, 0.3) is 6.08 Å². The van der Waals surface area contributed by atoms with Gasteiger partial charge in [-0.15, -0.1) is 0 Å². The minimum atomic E-state index is -0.416. The number of hydrogen-bond donors (Lipinski definition) is 1. The summed E-state index contributed by atoms with van der Waals surface area (Å²) in [6.45, 7) is 0.252. The quantitative estimate of drug-likeness (QED) is 0.666. The standard InChI is InChI=1S/C14H13N3O2/c15-14-16-8-12(9-17-14)6-7-13(18)19-10-11-4-2-1-3-5-11/h1-9H,10H2,(H2,15,16,17)/b7-6+. The Morgan fingerprint density at radius 2 is 1.89 bits per heavy atom. The average Bonchev–Trinajstić information content (AvgIpc) is 2.45. The number of nitrogens with zero attached hydrogens (tertiary/aromatic N) is 2. The van der Waals surface area contributed by atoms with Crippen molar-refractivity contribution in [1.29, 1.82) is 0 Å². The molecule has 2 N–H and O–H groups in total. The molecule has 2 rings (SSSR count). The maximum Gasteiger partial charge on any atom is 0.331 e.